The van der Waals surface area contributed by atoms with Crippen molar-refractivity contribution in [2.24, 2.45) is 0 Å². The summed E-state index contributed by atoms with van der Waals surface area (Å²) in [5, 5.41) is 9.02. The molecule has 6 heteroatoms. The van der Waals surface area contributed by atoms with Gasteiger partial charge in [0.1, 0.15) is 23.0 Å². The van der Waals surface area contributed by atoms with E-state index in [4.69, 9.17) is 19.3 Å². The molecule has 0 aromatic heterocycles. The van der Waals surface area contributed by atoms with E-state index < -0.39 is 0 Å². The zero-order valence-corrected chi connectivity index (χ0v) is 15.1. The molecular weight excluding hydrogens is 404 g/mol. The molecule has 0 atom stereocenters. The van der Waals surface area contributed by atoms with Crippen molar-refractivity contribution in [1.82, 2.24) is 0 Å². The van der Waals surface area contributed by atoms with Gasteiger partial charge in [-0.15, -0.1) is 0 Å². The van der Waals surface area contributed by atoms with Crippen LogP contribution in [0.2, 0.25) is 0 Å². The first-order valence-corrected chi connectivity index (χ1v) is 7.49. The SMILES string of the molecule is COc1cc(Br)cc(OC)c1.COc1cc(O)cc(Br)c1. The Hall–Kier alpha value is -1.40. The number of phenolic OH excluding ortho intramolecular Hbond substituents is 1. The predicted octanol–water partition coefficient (Wildman–Crippen LogP) is 4.63. The number of ether oxygens (including phenoxy) is 3. The van der Waals surface area contributed by atoms with Crippen LogP contribution < -0.4 is 14.2 Å². The van der Waals surface area contributed by atoms with Gasteiger partial charge in [-0.05, 0) is 24.3 Å². The number of aromatic hydroxyl groups is 1. The van der Waals surface area contributed by atoms with Crippen LogP contribution in [0.3, 0.4) is 0 Å². The molecule has 0 aliphatic heterocycles. The molecule has 0 saturated heterocycles. The molecule has 2 aromatic rings. The molecule has 0 aliphatic rings. The summed E-state index contributed by atoms with van der Waals surface area (Å²) in [6, 6.07) is 10.5. The van der Waals surface area contributed by atoms with E-state index >= 15 is 0 Å². The van der Waals surface area contributed by atoms with Gasteiger partial charge >= 0.3 is 0 Å². The molecule has 0 aliphatic carbocycles. The van der Waals surface area contributed by atoms with E-state index in [2.05, 4.69) is 31.9 Å². The number of rotatable bonds is 3. The first kappa shape index (κ1) is 17.7. The summed E-state index contributed by atoms with van der Waals surface area (Å²) in [4.78, 5) is 0. The zero-order chi connectivity index (χ0) is 15.8. The average molecular weight is 420 g/mol. The van der Waals surface area contributed by atoms with Crippen LogP contribution in [-0.2, 0) is 0 Å². The second kappa shape index (κ2) is 8.79. The van der Waals surface area contributed by atoms with Gasteiger partial charge in [-0.3, -0.25) is 0 Å². The van der Waals surface area contributed by atoms with Crippen LogP contribution in [0.15, 0.2) is 45.3 Å². The lowest BCUT2D eigenvalue weighted by molar-refractivity contribution is 0.394. The lowest BCUT2D eigenvalue weighted by atomic mass is 10.3. The van der Waals surface area contributed by atoms with E-state index in [1.807, 2.05) is 18.2 Å². The Morgan fingerprint density at radius 3 is 1.43 bits per heavy atom. The van der Waals surface area contributed by atoms with Crippen molar-refractivity contribution in [3.8, 4) is 23.0 Å². The molecule has 2 aromatic carbocycles. The maximum Gasteiger partial charge on any atom is 0.123 e. The number of methoxy groups -OCH3 is 3. The molecule has 0 fully saturated rings. The molecule has 4 nitrogen and oxygen atoms in total. The summed E-state index contributed by atoms with van der Waals surface area (Å²) < 4.78 is 16.7. The first-order valence-electron chi connectivity index (χ1n) is 5.90. The molecule has 0 heterocycles. The summed E-state index contributed by atoms with van der Waals surface area (Å²) in [6.07, 6.45) is 0. The van der Waals surface area contributed by atoms with Gasteiger partial charge in [0.05, 0.1) is 21.3 Å². The maximum atomic E-state index is 9.02. The summed E-state index contributed by atoms with van der Waals surface area (Å²) in [6.45, 7) is 0. The Morgan fingerprint density at radius 1 is 0.667 bits per heavy atom. The number of hydrogen-bond donors (Lipinski definition) is 1. The van der Waals surface area contributed by atoms with Gasteiger partial charge in [0.2, 0.25) is 0 Å². The third-order valence-electron chi connectivity index (χ3n) is 2.41. The van der Waals surface area contributed by atoms with Crippen molar-refractivity contribution in [3.05, 3.63) is 45.3 Å². The number of halogens is 2. The minimum absolute atomic E-state index is 0.200. The fourth-order valence-electron chi connectivity index (χ4n) is 1.44. The van der Waals surface area contributed by atoms with E-state index in [1.54, 1.807) is 39.5 Å². The second-order valence-corrected chi connectivity index (χ2v) is 5.71. The minimum atomic E-state index is 0.200. The topological polar surface area (TPSA) is 47.9 Å². The average Bonchev–Trinajstić information content (AvgIpc) is 2.46. The van der Waals surface area contributed by atoms with E-state index in [-0.39, 0.29) is 5.75 Å². The van der Waals surface area contributed by atoms with Gasteiger partial charge in [0.25, 0.3) is 0 Å². The number of phenols is 1. The largest absolute Gasteiger partial charge is 0.508 e. The van der Waals surface area contributed by atoms with Gasteiger partial charge in [-0.1, -0.05) is 31.9 Å². The highest BCUT2D eigenvalue weighted by Gasteiger charge is 1.97. The van der Waals surface area contributed by atoms with Crippen molar-refractivity contribution < 1.29 is 19.3 Å². The Morgan fingerprint density at radius 2 is 1.05 bits per heavy atom. The Kier molecular flexibility index (Phi) is 7.39. The molecule has 1 N–H and O–H groups in total. The summed E-state index contributed by atoms with van der Waals surface area (Å²) >= 11 is 6.55. The summed E-state index contributed by atoms with van der Waals surface area (Å²) in [7, 11) is 4.81. The highest BCUT2D eigenvalue weighted by Crippen LogP contribution is 2.25. The fourth-order valence-corrected chi connectivity index (χ4v) is 2.35. The van der Waals surface area contributed by atoms with Crippen LogP contribution in [0.4, 0.5) is 0 Å². The normalized spacial score (nSPS) is 9.38. The van der Waals surface area contributed by atoms with Gasteiger partial charge in [-0.25, -0.2) is 0 Å². The number of hydrogen-bond acceptors (Lipinski definition) is 4. The second-order valence-electron chi connectivity index (χ2n) is 3.88. The summed E-state index contributed by atoms with van der Waals surface area (Å²) in [5.41, 5.74) is 0. The molecule has 0 saturated carbocycles. The molecule has 114 valence electrons. The molecule has 0 amide bonds. The highest BCUT2D eigenvalue weighted by molar-refractivity contribution is 9.10. The van der Waals surface area contributed by atoms with E-state index in [1.165, 1.54) is 0 Å². The summed E-state index contributed by atoms with van der Waals surface area (Å²) in [5.74, 6) is 2.42. The Labute approximate surface area is 140 Å². The molecule has 2 rings (SSSR count). The van der Waals surface area contributed by atoms with Crippen LogP contribution in [0.25, 0.3) is 0 Å². The molecule has 0 unspecified atom stereocenters. The smallest absolute Gasteiger partial charge is 0.123 e. The van der Waals surface area contributed by atoms with Crippen LogP contribution >= 0.6 is 31.9 Å². The van der Waals surface area contributed by atoms with Gasteiger partial charge in [-0.2, -0.15) is 0 Å². The van der Waals surface area contributed by atoms with Crippen LogP contribution in [0.5, 0.6) is 23.0 Å². The van der Waals surface area contributed by atoms with Gasteiger partial charge in [0.15, 0.2) is 0 Å². The number of benzene rings is 2. The van der Waals surface area contributed by atoms with Crippen LogP contribution in [0, 0.1) is 0 Å². The van der Waals surface area contributed by atoms with E-state index in [9.17, 15) is 0 Å². The molecule has 0 radical (unpaired) electrons. The van der Waals surface area contributed by atoms with E-state index in [0.29, 0.717) is 5.75 Å². The molecule has 21 heavy (non-hydrogen) atoms. The van der Waals surface area contributed by atoms with Crippen LogP contribution in [-0.4, -0.2) is 26.4 Å². The standard InChI is InChI=1S/C8H9BrO2.C7H7BrO2/c1-10-7-3-6(9)4-8(5-7)11-2;1-10-7-3-5(8)2-6(9)4-7/h3-5H,1-2H3;2-4,9H,1H3. The van der Waals surface area contributed by atoms with Crippen LogP contribution in [0.1, 0.15) is 0 Å². The maximum absolute atomic E-state index is 9.02. The van der Waals surface area contributed by atoms with Crippen molar-refractivity contribution in [2.75, 3.05) is 21.3 Å². The van der Waals surface area contributed by atoms with Crippen molar-refractivity contribution >= 4 is 31.9 Å². The third-order valence-corrected chi connectivity index (χ3v) is 3.32. The first-order chi connectivity index (χ1) is 9.98. The molecular formula is C15H16Br2O4. The fraction of sp³-hybridized carbons (Fsp3) is 0.200. The highest BCUT2D eigenvalue weighted by atomic mass is 79.9. The van der Waals surface area contributed by atoms with Crippen molar-refractivity contribution in [2.45, 2.75) is 0 Å². The van der Waals surface area contributed by atoms with Crippen molar-refractivity contribution in [3.63, 3.8) is 0 Å². The van der Waals surface area contributed by atoms with Gasteiger partial charge in [0, 0.05) is 21.1 Å². The quantitative estimate of drug-likeness (QED) is 0.787. The molecule has 0 bridgehead atoms. The lowest BCUT2D eigenvalue weighted by Crippen LogP contribution is -1.86. The van der Waals surface area contributed by atoms with E-state index in [0.717, 1.165) is 20.4 Å². The third kappa shape index (κ3) is 6.27. The van der Waals surface area contributed by atoms with Gasteiger partial charge < -0.3 is 19.3 Å². The Bertz CT molecular complexity index is 545. The molecule has 0 spiro atoms. The van der Waals surface area contributed by atoms with Crippen molar-refractivity contribution in [1.29, 1.82) is 0 Å². The minimum Gasteiger partial charge on any atom is -0.508 e. The monoisotopic (exact) mass is 418 g/mol. The lowest BCUT2D eigenvalue weighted by Gasteiger charge is -2.03. The zero-order valence-electron chi connectivity index (χ0n) is 11.9. The predicted molar refractivity (Wildman–Crippen MR) is 89.6 cm³/mol. The Balaban J connectivity index is 0.000000211.